The Labute approximate surface area is 76.8 Å². The number of hydrogen-bond donors (Lipinski definition) is 0. The van der Waals surface area contributed by atoms with Crippen molar-refractivity contribution in [2.45, 2.75) is 25.3 Å². The first kappa shape index (κ1) is 8.53. The normalized spacial score (nSPS) is 32.1. The molecule has 2 aliphatic heterocycles. The third-order valence-electron chi connectivity index (χ3n) is 2.98. The van der Waals surface area contributed by atoms with E-state index in [1.54, 1.807) is 0 Å². The Hall–Kier alpha value is -1.06. The number of fused-ring (bicyclic) bond motifs is 1. The molecule has 13 heavy (non-hydrogen) atoms. The first-order chi connectivity index (χ1) is 6.24. The Bertz CT molecular complexity index is 251. The van der Waals surface area contributed by atoms with Crippen molar-refractivity contribution in [3.8, 4) is 0 Å². The lowest BCUT2D eigenvalue weighted by Gasteiger charge is -2.17. The van der Waals surface area contributed by atoms with Crippen LogP contribution in [-0.4, -0.2) is 36.5 Å². The van der Waals surface area contributed by atoms with Gasteiger partial charge in [0, 0.05) is 19.0 Å². The first-order valence-electron chi connectivity index (χ1n) is 4.61. The third kappa shape index (κ3) is 1.20. The van der Waals surface area contributed by atoms with Gasteiger partial charge in [-0.1, -0.05) is 0 Å². The van der Waals surface area contributed by atoms with E-state index in [2.05, 4.69) is 4.74 Å². The number of esters is 1. The van der Waals surface area contributed by atoms with E-state index in [0.717, 1.165) is 19.4 Å². The summed E-state index contributed by atoms with van der Waals surface area (Å²) in [5.41, 5.74) is 0. The minimum Gasteiger partial charge on any atom is -0.469 e. The minimum absolute atomic E-state index is 0.109. The molecule has 0 bridgehead atoms. The molecule has 0 spiro atoms. The van der Waals surface area contributed by atoms with Gasteiger partial charge in [0.05, 0.1) is 13.0 Å². The van der Waals surface area contributed by atoms with Crippen LogP contribution in [0.25, 0.3) is 0 Å². The Balaban J connectivity index is 2.14. The van der Waals surface area contributed by atoms with Crippen LogP contribution < -0.4 is 0 Å². The van der Waals surface area contributed by atoms with Crippen molar-refractivity contribution in [2.24, 2.45) is 5.92 Å². The molecule has 2 rings (SSSR count). The van der Waals surface area contributed by atoms with Gasteiger partial charge in [-0.3, -0.25) is 9.59 Å². The molecule has 0 N–H and O–H groups in total. The summed E-state index contributed by atoms with van der Waals surface area (Å²) in [7, 11) is 1.38. The fourth-order valence-corrected chi connectivity index (χ4v) is 2.35. The molecule has 2 aliphatic rings. The molecule has 4 heteroatoms. The fourth-order valence-electron chi connectivity index (χ4n) is 2.35. The number of methoxy groups -OCH3 is 1. The van der Waals surface area contributed by atoms with E-state index in [0.29, 0.717) is 6.42 Å². The van der Waals surface area contributed by atoms with Gasteiger partial charge in [-0.05, 0) is 12.8 Å². The Morgan fingerprint density at radius 2 is 2.38 bits per heavy atom. The van der Waals surface area contributed by atoms with Crippen LogP contribution in [0.15, 0.2) is 0 Å². The van der Waals surface area contributed by atoms with Crippen LogP contribution in [0.3, 0.4) is 0 Å². The van der Waals surface area contributed by atoms with Gasteiger partial charge in [0.2, 0.25) is 5.91 Å². The second kappa shape index (κ2) is 3.01. The minimum atomic E-state index is -0.234. The highest BCUT2D eigenvalue weighted by molar-refractivity contribution is 5.88. The van der Waals surface area contributed by atoms with Crippen molar-refractivity contribution in [1.29, 1.82) is 0 Å². The zero-order valence-electron chi connectivity index (χ0n) is 7.66. The van der Waals surface area contributed by atoms with E-state index in [9.17, 15) is 9.59 Å². The molecular formula is C9H13NO3. The van der Waals surface area contributed by atoms with Gasteiger partial charge in [0.15, 0.2) is 0 Å². The van der Waals surface area contributed by atoms with E-state index in [1.807, 2.05) is 4.90 Å². The third-order valence-corrected chi connectivity index (χ3v) is 2.98. The molecule has 2 saturated heterocycles. The summed E-state index contributed by atoms with van der Waals surface area (Å²) in [6.07, 6.45) is 2.31. The molecule has 0 aliphatic carbocycles. The van der Waals surface area contributed by atoms with Crippen molar-refractivity contribution >= 4 is 11.9 Å². The van der Waals surface area contributed by atoms with Crippen molar-refractivity contribution in [3.63, 3.8) is 0 Å². The lowest BCUT2D eigenvalue weighted by molar-refractivity contribution is -0.146. The predicted molar refractivity (Wildman–Crippen MR) is 44.9 cm³/mol. The second-order valence-electron chi connectivity index (χ2n) is 3.63. The van der Waals surface area contributed by atoms with Crippen LogP contribution in [0.1, 0.15) is 19.3 Å². The average Bonchev–Trinajstić information content (AvgIpc) is 2.68. The molecule has 0 saturated carbocycles. The number of amides is 1. The van der Waals surface area contributed by atoms with Gasteiger partial charge >= 0.3 is 5.97 Å². The molecule has 0 radical (unpaired) electrons. The quantitative estimate of drug-likeness (QED) is 0.544. The maximum atomic E-state index is 11.4. The number of hydrogen-bond acceptors (Lipinski definition) is 3. The van der Waals surface area contributed by atoms with E-state index in [1.165, 1.54) is 7.11 Å². The number of ether oxygens (including phenoxy) is 1. The van der Waals surface area contributed by atoms with Gasteiger partial charge < -0.3 is 9.64 Å². The van der Waals surface area contributed by atoms with E-state index >= 15 is 0 Å². The van der Waals surface area contributed by atoms with Crippen molar-refractivity contribution in [2.75, 3.05) is 13.7 Å². The highest BCUT2D eigenvalue weighted by Crippen LogP contribution is 2.34. The Morgan fingerprint density at radius 1 is 1.62 bits per heavy atom. The molecule has 0 aromatic heterocycles. The molecule has 72 valence electrons. The second-order valence-corrected chi connectivity index (χ2v) is 3.63. The van der Waals surface area contributed by atoms with E-state index in [-0.39, 0.29) is 23.8 Å². The number of carbonyl (C=O) groups is 2. The number of nitrogens with zero attached hydrogens (tertiary/aromatic N) is 1. The van der Waals surface area contributed by atoms with Crippen LogP contribution in [0.5, 0.6) is 0 Å². The molecule has 0 aromatic carbocycles. The largest absolute Gasteiger partial charge is 0.469 e. The van der Waals surface area contributed by atoms with Crippen molar-refractivity contribution in [3.05, 3.63) is 0 Å². The monoisotopic (exact) mass is 183 g/mol. The SMILES string of the molecule is COC(=O)[C@H]1CC(=O)N2CCC[C@H]12. The average molecular weight is 183 g/mol. The molecule has 0 unspecified atom stereocenters. The molecular weight excluding hydrogens is 170 g/mol. The Kier molecular flexibility index (Phi) is 1.98. The van der Waals surface area contributed by atoms with Crippen LogP contribution in [0, 0.1) is 5.92 Å². The summed E-state index contributed by atoms with van der Waals surface area (Å²) in [4.78, 5) is 24.5. The summed E-state index contributed by atoms with van der Waals surface area (Å²) >= 11 is 0. The zero-order valence-corrected chi connectivity index (χ0v) is 7.66. The van der Waals surface area contributed by atoms with Crippen LogP contribution >= 0.6 is 0 Å². The van der Waals surface area contributed by atoms with Gasteiger partial charge in [-0.25, -0.2) is 0 Å². The van der Waals surface area contributed by atoms with Gasteiger partial charge in [0.1, 0.15) is 0 Å². The topological polar surface area (TPSA) is 46.6 Å². The molecule has 4 nitrogen and oxygen atoms in total. The molecule has 2 fully saturated rings. The van der Waals surface area contributed by atoms with E-state index < -0.39 is 0 Å². The first-order valence-corrected chi connectivity index (χ1v) is 4.61. The standard InChI is InChI=1S/C9H13NO3/c1-13-9(12)6-5-8(11)10-4-2-3-7(6)10/h6-7H,2-5H2,1H3/t6-,7+/m0/s1. The van der Waals surface area contributed by atoms with Crippen LogP contribution in [0.2, 0.25) is 0 Å². The Morgan fingerprint density at radius 3 is 3.08 bits per heavy atom. The van der Waals surface area contributed by atoms with Crippen molar-refractivity contribution < 1.29 is 14.3 Å². The summed E-state index contributed by atoms with van der Waals surface area (Å²) in [6.45, 7) is 0.816. The molecule has 0 aromatic rings. The summed E-state index contributed by atoms with van der Waals surface area (Å²) in [6, 6.07) is 0.125. The maximum Gasteiger partial charge on any atom is 0.311 e. The van der Waals surface area contributed by atoms with Gasteiger partial charge in [-0.2, -0.15) is 0 Å². The van der Waals surface area contributed by atoms with Crippen molar-refractivity contribution in [1.82, 2.24) is 4.90 Å². The number of carbonyl (C=O) groups excluding carboxylic acids is 2. The van der Waals surface area contributed by atoms with Gasteiger partial charge in [-0.15, -0.1) is 0 Å². The molecule has 1 amide bonds. The van der Waals surface area contributed by atoms with Crippen LogP contribution in [0.4, 0.5) is 0 Å². The highest BCUT2D eigenvalue weighted by atomic mass is 16.5. The fraction of sp³-hybridized carbons (Fsp3) is 0.778. The smallest absolute Gasteiger partial charge is 0.311 e. The summed E-state index contributed by atoms with van der Waals surface area (Å²) in [5, 5.41) is 0. The zero-order chi connectivity index (χ0) is 9.42. The maximum absolute atomic E-state index is 11.4. The van der Waals surface area contributed by atoms with Crippen LogP contribution in [-0.2, 0) is 14.3 Å². The summed E-state index contributed by atoms with van der Waals surface area (Å²) < 4.78 is 4.67. The number of rotatable bonds is 1. The van der Waals surface area contributed by atoms with E-state index in [4.69, 9.17) is 0 Å². The lowest BCUT2D eigenvalue weighted by Crippen LogP contribution is -2.31. The lowest BCUT2D eigenvalue weighted by atomic mass is 9.99. The predicted octanol–water partition coefficient (Wildman–Crippen LogP) is 0.170. The highest BCUT2D eigenvalue weighted by Gasteiger charge is 2.46. The van der Waals surface area contributed by atoms with Gasteiger partial charge in [0.25, 0.3) is 0 Å². The molecule has 2 heterocycles. The molecule has 2 atom stereocenters. The summed E-state index contributed by atoms with van der Waals surface area (Å²) in [5.74, 6) is -0.333.